The highest BCUT2D eigenvalue weighted by Gasteiger charge is 2.03. The molecule has 1 atom stereocenters. The summed E-state index contributed by atoms with van der Waals surface area (Å²) in [6.07, 6.45) is 18.0. The molecule has 0 aromatic carbocycles. The monoisotopic (exact) mass is 371 g/mol. The van der Waals surface area contributed by atoms with Crippen molar-refractivity contribution in [3.63, 3.8) is 0 Å². The van der Waals surface area contributed by atoms with Crippen molar-refractivity contribution in [1.29, 1.82) is 0 Å². The van der Waals surface area contributed by atoms with Gasteiger partial charge in [0.2, 0.25) is 5.91 Å². The third-order valence-electron chi connectivity index (χ3n) is 4.90. The normalized spacial score (nSPS) is 12.3. The molecule has 1 amide bonds. The van der Waals surface area contributed by atoms with Crippen molar-refractivity contribution in [3.8, 4) is 0 Å². The molecule has 0 fully saturated rings. The van der Waals surface area contributed by atoms with Crippen molar-refractivity contribution >= 4 is 5.91 Å². The molecule has 0 aromatic heterocycles. The summed E-state index contributed by atoms with van der Waals surface area (Å²) < 4.78 is 0. The largest absolute Gasteiger partial charge is 0.393 e. The number of carbonyl (C=O) groups excluding carboxylic acids is 1. The molecular weight excluding hydrogens is 326 g/mol. The molecular formula is C21H45N3O2. The van der Waals surface area contributed by atoms with Crippen molar-refractivity contribution in [2.75, 3.05) is 13.1 Å². The van der Waals surface area contributed by atoms with Gasteiger partial charge in [0.15, 0.2) is 0 Å². The lowest BCUT2D eigenvalue weighted by Gasteiger charge is -2.10. The van der Waals surface area contributed by atoms with Crippen LogP contribution in [0.3, 0.4) is 0 Å². The van der Waals surface area contributed by atoms with Gasteiger partial charge in [0, 0.05) is 19.5 Å². The number of carbonyl (C=O) groups is 1. The van der Waals surface area contributed by atoms with Gasteiger partial charge in [0.1, 0.15) is 0 Å². The van der Waals surface area contributed by atoms with Gasteiger partial charge >= 0.3 is 0 Å². The Hall–Kier alpha value is -0.650. The van der Waals surface area contributed by atoms with Crippen molar-refractivity contribution in [1.82, 2.24) is 10.7 Å². The minimum absolute atomic E-state index is 0.0791. The highest BCUT2D eigenvalue weighted by atomic mass is 16.3. The second-order valence-electron chi connectivity index (χ2n) is 7.53. The third-order valence-corrected chi connectivity index (χ3v) is 4.90. The molecule has 5 nitrogen and oxygen atoms in total. The van der Waals surface area contributed by atoms with E-state index in [0.717, 1.165) is 45.1 Å². The van der Waals surface area contributed by atoms with Crippen LogP contribution < -0.4 is 16.6 Å². The first-order valence-corrected chi connectivity index (χ1v) is 11.1. The quantitative estimate of drug-likeness (QED) is 0.147. The van der Waals surface area contributed by atoms with E-state index in [1.54, 1.807) is 0 Å². The maximum absolute atomic E-state index is 11.6. The standard InChI is InChI=1S/C21H45N3O2/c1-2-3-4-11-15-20(25)16-12-9-7-5-6-8-10-13-17-21(26)23-18-14-19-24-22/h20,24-25H,2-19,22H2,1H3,(H,23,26). The third kappa shape index (κ3) is 19.7. The van der Waals surface area contributed by atoms with Gasteiger partial charge in [0.05, 0.1) is 6.10 Å². The number of aliphatic hydroxyl groups is 1. The van der Waals surface area contributed by atoms with Crippen LogP contribution in [0.25, 0.3) is 0 Å². The Labute approximate surface area is 161 Å². The number of aliphatic hydroxyl groups excluding tert-OH is 1. The average molecular weight is 372 g/mol. The maximum Gasteiger partial charge on any atom is 0.219 e. The lowest BCUT2D eigenvalue weighted by Crippen LogP contribution is -2.29. The number of nitrogens with one attached hydrogen (secondary N) is 2. The number of hydrogen-bond donors (Lipinski definition) is 4. The van der Waals surface area contributed by atoms with Crippen molar-refractivity contribution in [3.05, 3.63) is 0 Å². The van der Waals surface area contributed by atoms with Crippen molar-refractivity contribution < 1.29 is 9.90 Å². The minimum atomic E-state index is -0.0791. The van der Waals surface area contributed by atoms with E-state index < -0.39 is 0 Å². The molecule has 0 radical (unpaired) electrons. The second kappa shape index (κ2) is 20.7. The van der Waals surface area contributed by atoms with E-state index in [4.69, 9.17) is 5.84 Å². The predicted molar refractivity (Wildman–Crippen MR) is 111 cm³/mol. The summed E-state index contributed by atoms with van der Waals surface area (Å²) in [6, 6.07) is 0. The van der Waals surface area contributed by atoms with Crippen LogP contribution in [0.15, 0.2) is 0 Å². The van der Waals surface area contributed by atoms with Gasteiger partial charge in [-0.3, -0.25) is 16.1 Å². The van der Waals surface area contributed by atoms with Gasteiger partial charge in [-0.05, 0) is 25.7 Å². The first-order chi connectivity index (χ1) is 12.7. The van der Waals surface area contributed by atoms with Crippen LogP contribution in [0.2, 0.25) is 0 Å². The van der Waals surface area contributed by atoms with Crippen LogP contribution in [0.1, 0.15) is 110 Å². The average Bonchev–Trinajstić information content (AvgIpc) is 2.64. The fraction of sp³-hybridized carbons (Fsp3) is 0.952. The number of unbranched alkanes of at least 4 members (excludes halogenated alkanes) is 10. The second-order valence-corrected chi connectivity index (χ2v) is 7.53. The van der Waals surface area contributed by atoms with Crippen LogP contribution in [0, 0.1) is 0 Å². The zero-order valence-electron chi connectivity index (χ0n) is 17.2. The molecule has 0 saturated carbocycles. The van der Waals surface area contributed by atoms with Crippen molar-refractivity contribution in [2.24, 2.45) is 5.84 Å². The summed E-state index contributed by atoms with van der Waals surface area (Å²) in [4.78, 5) is 11.6. The topological polar surface area (TPSA) is 87.4 Å². The van der Waals surface area contributed by atoms with Gasteiger partial charge < -0.3 is 10.4 Å². The molecule has 0 aliphatic carbocycles. The summed E-state index contributed by atoms with van der Waals surface area (Å²) in [5, 5.41) is 12.8. The van der Waals surface area contributed by atoms with Crippen LogP contribution in [-0.2, 0) is 4.79 Å². The molecule has 0 aliphatic heterocycles. The molecule has 1 unspecified atom stereocenters. The zero-order valence-corrected chi connectivity index (χ0v) is 17.2. The number of hydrazine groups is 1. The fourth-order valence-electron chi connectivity index (χ4n) is 3.18. The van der Waals surface area contributed by atoms with E-state index >= 15 is 0 Å². The van der Waals surface area contributed by atoms with Gasteiger partial charge in [-0.15, -0.1) is 0 Å². The molecule has 0 saturated heterocycles. The molecule has 0 rings (SSSR count). The molecule has 5 N–H and O–H groups in total. The highest BCUT2D eigenvalue weighted by molar-refractivity contribution is 5.75. The highest BCUT2D eigenvalue weighted by Crippen LogP contribution is 2.14. The van der Waals surface area contributed by atoms with Crippen LogP contribution in [0.4, 0.5) is 0 Å². The van der Waals surface area contributed by atoms with E-state index in [2.05, 4.69) is 17.7 Å². The molecule has 156 valence electrons. The number of amides is 1. The molecule has 0 aromatic rings. The van der Waals surface area contributed by atoms with E-state index in [1.165, 1.54) is 57.8 Å². The van der Waals surface area contributed by atoms with E-state index in [9.17, 15) is 9.90 Å². The molecule has 0 aliphatic rings. The molecule has 5 heteroatoms. The minimum Gasteiger partial charge on any atom is -0.393 e. The Bertz CT molecular complexity index is 301. The van der Waals surface area contributed by atoms with Crippen LogP contribution in [0.5, 0.6) is 0 Å². The Morgan fingerprint density at radius 2 is 1.35 bits per heavy atom. The fourth-order valence-corrected chi connectivity index (χ4v) is 3.18. The Morgan fingerprint density at radius 1 is 0.808 bits per heavy atom. The van der Waals surface area contributed by atoms with E-state index in [0.29, 0.717) is 13.0 Å². The van der Waals surface area contributed by atoms with E-state index in [1.807, 2.05) is 0 Å². The first kappa shape index (κ1) is 25.4. The van der Waals surface area contributed by atoms with Gasteiger partial charge in [-0.2, -0.15) is 0 Å². The number of hydrogen-bond acceptors (Lipinski definition) is 4. The summed E-state index contributed by atoms with van der Waals surface area (Å²) in [7, 11) is 0. The number of nitrogens with two attached hydrogens (primary N) is 1. The zero-order chi connectivity index (χ0) is 19.3. The summed E-state index contributed by atoms with van der Waals surface area (Å²) >= 11 is 0. The SMILES string of the molecule is CCCCCCC(O)CCCCCCCCCCC(=O)NCCCNN. The summed E-state index contributed by atoms with van der Waals surface area (Å²) in [5.41, 5.74) is 2.58. The lowest BCUT2D eigenvalue weighted by atomic mass is 10.0. The first-order valence-electron chi connectivity index (χ1n) is 11.1. The van der Waals surface area contributed by atoms with Gasteiger partial charge in [-0.25, -0.2) is 0 Å². The Balaban J connectivity index is 3.20. The van der Waals surface area contributed by atoms with E-state index in [-0.39, 0.29) is 12.0 Å². The van der Waals surface area contributed by atoms with Crippen LogP contribution in [-0.4, -0.2) is 30.2 Å². The Morgan fingerprint density at radius 3 is 1.92 bits per heavy atom. The molecule has 26 heavy (non-hydrogen) atoms. The smallest absolute Gasteiger partial charge is 0.219 e. The predicted octanol–water partition coefficient (Wildman–Crippen LogP) is 4.19. The summed E-state index contributed by atoms with van der Waals surface area (Å²) in [6.45, 7) is 3.66. The van der Waals surface area contributed by atoms with Crippen molar-refractivity contribution in [2.45, 2.75) is 116 Å². The number of rotatable bonds is 20. The van der Waals surface area contributed by atoms with Gasteiger partial charge in [0.25, 0.3) is 0 Å². The van der Waals surface area contributed by atoms with Crippen LogP contribution >= 0.6 is 0 Å². The molecule has 0 bridgehead atoms. The molecule has 0 heterocycles. The Kier molecular flexibility index (Phi) is 20.1. The molecule has 0 spiro atoms. The van der Waals surface area contributed by atoms with Gasteiger partial charge in [-0.1, -0.05) is 77.6 Å². The lowest BCUT2D eigenvalue weighted by molar-refractivity contribution is -0.121. The summed E-state index contributed by atoms with van der Waals surface area (Å²) in [5.74, 6) is 5.34. The maximum atomic E-state index is 11.6.